The summed E-state index contributed by atoms with van der Waals surface area (Å²) in [4.78, 5) is 11.5. The van der Waals surface area contributed by atoms with Gasteiger partial charge in [-0.05, 0) is 32.1 Å². The molecule has 1 atom stereocenters. The highest BCUT2D eigenvalue weighted by Gasteiger charge is 2.02. The number of aliphatic hydroxyl groups excluding tert-OH is 1. The van der Waals surface area contributed by atoms with Gasteiger partial charge in [-0.3, -0.25) is 4.79 Å². The Labute approximate surface area is 107 Å². The minimum Gasteiger partial charge on any atom is -0.496 e. The molecule has 0 heterocycles. The zero-order valence-electron chi connectivity index (χ0n) is 10.9. The van der Waals surface area contributed by atoms with Gasteiger partial charge in [-0.2, -0.15) is 0 Å². The van der Waals surface area contributed by atoms with E-state index >= 15 is 0 Å². The molecule has 0 aliphatic rings. The van der Waals surface area contributed by atoms with E-state index in [4.69, 9.17) is 9.84 Å². The first-order valence-electron chi connectivity index (χ1n) is 5.81. The molecule has 2 N–H and O–H groups in total. The van der Waals surface area contributed by atoms with Crippen LogP contribution in [0.15, 0.2) is 24.3 Å². The largest absolute Gasteiger partial charge is 0.496 e. The molecule has 0 radical (unpaired) electrons. The summed E-state index contributed by atoms with van der Waals surface area (Å²) < 4.78 is 5.21. The predicted molar refractivity (Wildman–Crippen MR) is 71.5 cm³/mol. The smallest absolute Gasteiger partial charge is 0.244 e. The Morgan fingerprint density at radius 3 is 2.89 bits per heavy atom. The van der Waals surface area contributed by atoms with Crippen LogP contribution in [0.25, 0.3) is 6.08 Å². The van der Waals surface area contributed by atoms with Gasteiger partial charge in [-0.15, -0.1) is 0 Å². The van der Waals surface area contributed by atoms with Gasteiger partial charge in [-0.1, -0.05) is 11.6 Å². The minimum atomic E-state index is -0.546. The highest BCUT2D eigenvalue weighted by molar-refractivity contribution is 5.92. The average molecular weight is 249 g/mol. The van der Waals surface area contributed by atoms with Crippen LogP contribution in [0.1, 0.15) is 18.1 Å². The van der Waals surface area contributed by atoms with E-state index in [0.29, 0.717) is 0 Å². The predicted octanol–water partition coefficient (Wildman–Crippen LogP) is 1.51. The molecule has 1 rings (SSSR count). The lowest BCUT2D eigenvalue weighted by atomic mass is 10.1. The Hall–Kier alpha value is -1.81. The molecule has 0 aliphatic carbocycles. The monoisotopic (exact) mass is 249 g/mol. The molecule has 98 valence electrons. The molecule has 0 saturated heterocycles. The summed E-state index contributed by atoms with van der Waals surface area (Å²) in [5.74, 6) is 0.486. The number of ether oxygens (including phenoxy) is 1. The molecule has 18 heavy (non-hydrogen) atoms. The lowest BCUT2D eigenvalue weighted by Gasteiger charge is -2.06. The summed E-state index contributed by atoms with van der Waals surface area (Å²) in [7, 11) is 1.59. The lowest BCUT2D eigenvalue weighted by molar-refractivity contribution is -0.116. The van der Waals surface area contributed by atoms with Crippen molar-refractivity contribution in [2.75, 3.05) is 13.7 Å². The Morgan fingerprint density at radius 2 is 2.28 bits per heavy atom. The van der Waals surface area contributed by atoms with E-state index in [0.717, 1.165) is 16.9 Å². The maximum absolute atomic E-state index is 11.5. The maximum Gasteiger partial charge on any atom is 0.244 e. The number of carbonyl (C=O) groups is 1. The molecule has 0 spiro atoms. The molecular weight excluding hydrogens is 230 g/mol. The van der Waals surface area contributed by atoms with Crippen molar-refractivity contribution in [3.05, 3.63) is 35.4 Å². The normalized spacial score (nSPS) is 12.4. The van der Waals surface area contributed by atoms with Crippen molar-refractivity contribution in [2.24, 2.45) is 0 Å². The van der Waals surface area contributed by atoms with E-state index in [-0.39, 0.29) is 12.5 Å². The first-order valence-corrected chi connectivity index (χ1v) is 5.81. The zero-order valence-corrected chi connectivity index (χ0v) is 10.9. The summed E-state index contributed by atoms with van der Waals surface area (Å²) in [6, 6.07) is 5.75. The van der Waals surface area contributed by atoms with Crippen LogP contribution in [0, 0.1) is 6.92 Å². The molecule has 0 aromatic heterocycles. The van der Waals surface area contributed by atoms with E-state index in [1.54, 1.807) is 20.1 Å². The van der Waals surface area contributed by atoms with Crippen LogP contribution >= 0.6 is 0 Å². The van der Waals surface area contributed by atoms with Gasteiger partial charge >= 0.3 is 0 Å². The van der Waals surface area contributed by atoms with Crippen molar-refractivity contribution in [2.45, 2.75) is 20.0 Å². The summed E-state index contributed by atoms with van der Waals surface area (Å²) in [6.07, 6.45) is 2.58. The molecule has 1 unspecified atom stereocenters. The Bertz CT molecular complexity index is 439. The molecule has 1 amide bonds. The van der Waals surface area contributed by atoms with E-state index < -0.39 is 6.10 Å². The van der Waals surface area contributed by atoms with E-state index in [9.17, 15) is 4.79 Å². The molecular formula is C14H19NO3. The maximum atomic E-state index is 11.5. The van der Waals surface area contributed by atoms with Gasteiger partial charge in [-0.25, -0.2) is 0 Å². The molecule has 1 aromatic carbocycles. The van der Waals surface area contributed by atoms with Crippen molar-refractivity contribution < 1.29 is 14.6 Å². The van der Waals surface area contributed by atoms with Gasteiger partial charge in [0.25, 0.3) is 0 Å². The van der Waals surface area contributed by atoms with Crippen LogP contribution in [0.4, 0.5) is 0 Å². The second-order valence-electron chi connectivity index (χ2n) is 4.17. The number of hydrogen-bond donors (Lipinski definition) is 2. The SMILES string of the molecule is COc1ccc(C)cc1/C=C/C(=O)NCC(C)O. The minimum absolute atomic E-state index is 0.237. The first kappa shape index (κ1) is 14.3. The number of nitrogens with one attached hydrogen (secondary N) is 1. The van der Waals surface area contributed by atoms with Crippen LogP contribution in [0.2, 0.25) is 0 Å². The number of aryl methyl sites for hydroxylation is 1. The van der Waals surface area contributed by atoms with Crippen LogP contribution in [0.3, 0.4) is 0 Å². The highest BCUT2D eigenvalue weighted by Crippen LogP contribution is 2.20. The van der Waals surface area contributed by atoms with Gasteiger partial charge in [0.15, 0.2) is 0 Å². The van der Waals surface area contributed by atoms with Crippen molar-refractivity contribution in [3.8, 4) is 5.75 Å². The molecule has 4 heteroatoms. The van der Waals surface area contributed by atoms with Gasteiger partial charge in [0, 0.05) is 18.2 Å². The third kappa shape index (κ3) is 4.59. The fourth-order valence-electron chi connectivity index (χ4n) is 1.46. The zero-order chi connectivity index (χ0) is 13.5. The Balaban J connectivity index is 2.71. The third-order valence-electron chi connectivity index (χ3n) is 2.37. The summed E-state index contributed by atoms with van der Waals surface area (Å²) in [5, 5.41) is 11.6. The fraction of sp³-hybridized carbons (Fsp3) is 0.357. The van der Waals surface area contributed by atoms with Crippen LogP contribution in [-0.2, 0) is 4.79 Å². The molecule has 0 bridgehead atoms. The van der Waals surface area contributed by atoms with Gasteiger partial charge in [0.05, 0.1) is 13.2 Å². The molecule has 0 fully saturated rings. The Morgan fingerprint density at radius 1 is 1.56 bits per heavy atom. The number of amides is 1. The molecule has 0 aliphatic heterocycles. The molecule has 4 nitrogen and oxygen atoms in total. The number of methoxy groups -OCH3 is 1. The van der Waals surface area contributed by atoms with Crippen LogP contribution < -0.4 is 10.1 Å². The Kier molecular flexibility index (Phi) is 5.39. The quantitative estimate of drug-likeness (QED) is 0.778. The van der Waals surface area contributed by atoms with E-state index in [2.05, 4.69) is 5.32 Å². The van der Waals surface area contributed by atoms with Crippen molar-refractivity contribution in [3.63, 3.8) is 0 Å². The van der Waals surface area contributed by atoms with Gasteiger partial charge < -0.3 is 15.2 Å². The van der Waals surface area contributed by atoms with Crippen LogP contribution in [0.5, 0.6) is 5.75 Å². The number of carbonyl (C=O) groups excluding carboxylic acids is 1. The second kappa shape index (κ2) is 6.81. The van der Waals surface area contributed by atoms with E-state index in [1.165, 1.54) is 6.08 Å². The number of rotatable bonds is 5. The van der Waals surface area contributed by atoms with Crippen molar-refractivity contribution in [1.29, 1.82) is 0 Å². The van der Waals surface area contributed by atoms with E-state index in [1.807, 2.05) is 25.1 Å². The highest BCUT2D eigenvalue weighted by atomic mass is 16.5. The standard InChI is InChI=1S/C14H19NO3/c1-10-4-6-13(18-3)12(8-10)5-7-14(17)15-9-11(2)16/h4-8,11,16H,9H2,1-3H3,(H,15,17)/b7-5+. The molecule has 1 aromatic rings. The van der Waals surface area contributed by atoms with Gasteiger partial charge in [0.2, 0.25) is 5.91 Å². The average Bonchev–Trinajstić information content (AvgIpc) is 2.34. The summed E-state index contributed by atoms with van der Waals surface area (Å²) >= 11 is 0. The van der Waals surface area contributed by atoms with Crippen molar-refractivity contribution in [1.82, 2.24) is 5.32 Å². The second-order valence-corrected chi connectivity index (χ2v) is 4.17. The fourth-order valence-corrected chi connectivity index (χ4v) is 1.46. The molecule has 0 saturated carbocycles. The number of aliphatic hydroxyl groups is 1. The summed E-state index contributed by atoms with van der Waals surface area (Å²) in [5.41, 5.74) is 1.95. The third-order valence-corrected chi connectivity index (χ3v) is 2.37. The summed E-state index contributed by atoms with van der Waals surface area (Å²) in [6.45, 7) is 3.84. The van der Waals surface area contributed by atoms with Crippen molar-refractivity contribution >= 4 is 12.0 Å². The lowest BCUT2D eigenvalue weighted by Crippen LogP contribution is -2.28. The number of hydrogen-bond acceptors (Lipinski definition) is 3. The topological polar surface area (TPSA) is 58.6 Å². The van der Waals surface area contributed by atoms with Crippen LogP contribution in [-0.4, -0.2) is 30.8 Å². The first-order chi connectivity index (χ1) is 8.52. The van der Waals surface area contributed by atoms with Gasteiger partial charge in [0.1, 0.15) is 5.75 Å². The number of benzene rings is 1.